The Morgan fingerprint density at radius 3 is 2.36 bits per heavy atom. The summed E-state index contributed by atoms with van der Waals surface area (Å²) in [6, 6.07) is 7.09. The van der Waals surface area contributed by atoms with E-state index in [0.29, 0.717) is 24.4 Å². The number of ketones is 1. The van der Waals surface area contributed by atoms with E-state index in [1.165, 1.54) is 6.92 Å². The lowest BCUT2D eigenvalue weighted by molar-refractivity contribution is 0.0426. The minimum absolute atomic E-state index is 0. The first kappa shape index (κ1) is 24.1. The van der Waals surface area contributed by atoms with Crippen LogP contribution < -0.4 is 4.74 Å². The van der Waals surface area contributed by atoms with Crippen LogP contribution in [0.15, 0.2) is 24.3 Å². The number of carbonyl (C=O) groups excluding carboxylic acids is 1. The summed E-state index contributed by atoms with van der Waals surface area (Å²) >= 11 is 0. The lowest BCUT2D eigenvalue weighted by Gasteiger charge is -2.35. The van der Waals surface area contributed by atoms with E-state index >= 15 is 0 Å². The summed E-state index contributed by atoms with van der Waals surface area (Å²) in [5.41, 5.74) is 0.539. The van der Waals surface area contributed by atoms with Gasteiger partial charge in [-0.15, -0.1) is 24.8 Å². The van der Waals surface area contributed by atoms with Crippen LogP contribution in [0.5, 0.6) is 5.75 Å². The maximum atomic E-state index is 11.5. The van der Waals surface area contributed by atoms with E-state index in [1.54, 1.807) is 18.2 Å². The molecule has 0 spiro atoms. The van der Waals surface area contributed by atoms with Crippen LogP contribution in [0.3, 0.4) is 0 Å². The molecule has 1 saturated heterocycles. The van der Waals surface area contributed by atoms with Gasteiger partial charge in [-0.05, 0) is 19.1 Å². The summed E-state index contributed by atoms with van der Waals surface area (Å²) in [6.45, 7) is 6.68. The summed E-state index contributed by atoms with van der Waals surface area (Å²) in [5, 5.41) is 19.1. The quantitative estimate of drug-likeness (QED) is 0.642. The molecule has 1 aromatic carbocycles. The number of carbonyl (C=O) groups is 1. The molecular weight excluding hydrogens is 367 g/mol. The molecule has 1 aliphatic rings. The molecule has 0 amide bonds. The lowest BCUT2D eigenvalue weighted by atomic mass is 10.1. The summed E-state index contributed by atoms with van der Waals surface area (Å²) in [7, 11) is 0. The van der Waals surface area contributed by atoms with Crippen LogP contribution in [0.2, 0.25) is 0 Å². The van der Waals surface area contributed by atoms with E-state index in [4.69, 9.17) is 9.84 Å². The van der Waals surface area contributed by atoms with Gasteiger partial charge in [0, 0.05) is 39.3 Å². The molecular formula is C17H28Cl2N2O4. The van der Waals surface area contributed by atoms with Crippen LogP contribution >= 0.6 is 24.8 Å². The number of aliphatic hydroxyl groups is 2. The number of para-hydroxylation sites is 1. The maximum absolute atomic E-state index is 11.5. The molecule has 2 rings (SSSR count). The number of benzene rings is 1. The molecule has 1 aromatic rings. The van der Waals surface area contributed by atoms with Gasteiger partial charge in [0.25, 0.3) is 0 Å². The first-order chi connectivity index (χ1) is 11.1. The Morgan fingerprint density at radius 2 is 1.76 bits per heavy atom. The average Bonchev–Trinajstić information content (AvgIpc) is 2.55. The number of ether oxygens (including phenoxy) is 1. The van der Waals surface area contributed by atoms with E-state index in [1.807, 2.05) is 6.07 Å². The SMILES string of the molecule is CC(=O)c1ccccc1OCC(O)CN1CCN(CCO)CC1.Cl.Cl. The van der Waals surface area contributed by atoms with Gasteiger partial charge in [-0.2, -0.15) is 0 Å². The van der Waals surface area contributed by atoms with Crippen LogP contribution in [-0.4, -0.2) is 84.4 Å². The van der Waals surface area contributed by atoms with Crippen molar-refractivity contribution in [1.29, 1.82) is 0 Å². The van der Waals surface area contributed by atoms with Crippen molar-refractivity contribution in [3.8, 4) is 5.75 Å². The standard InChI is InChI=1S/C17H26N2O4.2ClH/c1-14(21)16-4-2-3-5-17(16)23-13-15(22)12-19-8-6-18(7-9-19)10-11-20;;/h2-5,15,20,22H,6-13H2,1H3;2*1H. The Balaban J connectivity index is 0.00000288. The first-order valence-corrected chi connectivity index (χ1v) is 8.06. The van der Waals surface area contributed by atoms with Crippen molar-refractivity contribution in [3.63, 3.8) is 0 Å². The second-order valence-corrected chi connectivity index (χ2v) is 5.88. The summed E-state index contributed by atoms with van der Waals surface area (Å²) < 4.78 is 5.62. The lowest BCUT2D eigenvalue weighted by Crippen LogP contribution is -2.49. The van der Waals surface area contributed by atoms with Crippen molar-refractivity contribution in [1.82, 2.24) is 9.80 Å². The fraction of sp³-hybridized carbons (Fsp3) is 0.588. The van der Waals surface area contributed by atoms with Crippen LogP contribution in [0.4, 0.5) is 0 Å². The maximum Gasteiger partial charge on any atom is 0.163 e. The van der Waals surface area contributed by atoms with Gasteiger partial charge in [0.1, 0.15) is 18.5 Å². The van der Waals surface area contributed by atoms with Gasteiger partial charge in [0.2, 0.25) is 0 Å². The van der Waals surface area contributed by atoms with Crippen molar-refractivity contribution in [3.05, 3.63) is 29.8 Å². The number of hydrogen-bond acceptors (Lipinski definition) is 6. The van der Waals surface area contributed by atoms with Crippen molar-refractivity contribution in [2.24, 2.45) is 0 Å². The Bertz CT molecular complexity index is 511. The Labute approximate surface area is 161 Å². The highest BCUT2D eigenvalue weighted by Gasteiger charge is 2.19. The van der Waals surface area contributed by atoms with E-state index in [9.17, 15) is 9.90 Å². The number of nitrogens with zero attached hydrogens (tertiary/aromatic N) is 2. The highest BCUT2D eigenvalue weighted by Crippen LogP contribution is 2.18. The normalized spacial score (nSPS) is 16.4. The third kappa shape index (κ3) is 7.90. The molecule has 1 heterocycles. The van der Waals surface area contributed by atoms with E-state index in [0.717, 1.165) is 26.2 Å². The molecule has 0 bridgehead atoms. The topological polar surface area (TPSA) is 73.2 Å². The summed E-state index contributed by atoms with van der Waals surface area (Å²) in [5.74, 6) is 0.474. The molecule has 8 heteroatoms. The predicted molar refractivity (Wildman–Crippen MR) is 102 cm³/mol. The number of aliphatic hydroxyl groups excluding tert-OH is 2. The molecule has 6 nitrogen and oxygen atoms in total. The van der Waals surface area contributed by atoms with E-state index in [-0.39, 0.29) is 43.8 Å². The molecule has 0 saturated carbocycles. The molecule has 0 aromatic heterocycles. The number of hydrogen-bond donors (Lipinski definition) is 2. The largest absolute Gasteiger partial charge is 0.490 e. The van der Waals surface area contributed by atoms with Gasteiger partial charge in [0.05, 0.1) is 12.2 Å². The minimum Gasteiger partial charge on any atom is -0.490 e. The monoisotopic (exact) mass is 394 g/mol. The van der Waals surface area contributed by atoms with Crippen LogP contribution in [0, 0.1) is 0 Å². The molecule has 0 radical (unpaired) electrons. The minimum atomic E-state index is -0.598. The number of piperazine rings is 1. The summed E-state index contributed by atoms with van der Waals surface area (Å²) in [6.07, 6.45) is -0.598. The second kappa shape index (κ2) is 12.5. The van der Waals surface area contributed by atoms with Crippen LogP contribution in [0.25, 0.3) is 0 Å². The highest BCUT2D eigenvalue weighted by molar-refractivity contribution is 5.96. The van der Waals surface area contributed by atoms with Gasteiger partial charge in [-0.1, -0.05) is 12.1 Å². The zero-order chi connectivity index (χ0) is 16.7. The van der Waals surface area contributed by atoms with Crippen molar-refractivity contribution >= 4 is 30.6 Å². The zero-order valence-electron chi connectivity index (χ0n) is 14.5. The van der Waals surface area contributed by atoms with Gasteiger partial charge >= 0.3 is 0 Å². The fourth-order valence-electron chi connectivity index (χ4n) is 2.76. The molecule has 25 heavy (non-hydrogen) atoms. The Kier molecular flexibility index (Phi) is 12.0. The molecule has 2 N–H and O–H groups in total. The van der Waals surface area contributed by atoms with Crippen molar-refractivity contribution < 1.29 is 19.7 Å². The first-order valence-electron chi connectivity index (χ1n) is 8.06. The third-order valence-corrected chi connectivity index (χ3v) is 4.05. The van der Waals surface area contributed by atoms with E-state index in [2.05, 4.69) is 9.80 Å². The van der Waals surface area contributed by atoms with Crippen molar-refractivity contribution in [2.75, 3.05) is 52.5 Å². The van der Waals surface area contributed by atoms with Gasteiger partial charge in [-0.25, -0.2) is 0 Å². The van der Waals surface area contributed by atoms with Gasteiger partial charge in [0.15, 0.2) is 5.78 Å². The van der Waals surface area contributed by atoms with E-state index < -0.39 is 6.10 Å². The highest BCUT2D eigenvalue weighted by atomic mass is 35.5. The van der Waals surface area contributed by atoms with Gasteiger partial charge < -0.3 is 14.9 Å². The zero-order valence-corrected chi connectivity index (χ0v) is 16.1. The molecule has 1 unspecified atom stereocenters. The molecule has 0 aliphatic carbocycles. The predicted octanol–water partition coefficient (Wildman–Crippen LogP) is 1.08. The smallest absolute Gasteiger partial charge is 0.163 e. The van der Waals surface area contributed by atoms with Crippen molar-refractivity contribution in [2.45, 2.75) is 13.0 Å². The van der Waals surface area contributed by atoms with Crippen LogP contribution in [-0.2, 0) is 0 Å². The van der Waals surface area contributed by atoms with Crippen LogP contribution in [0.1, 0.15) is 17.3 Å². The number of halogens is 2. The fourth-order valence-corrected chi connectivity index (χ4v) is 2.76. The molecule has 1 atom stereocenters. The Hall–Kier alpha value is -0.890. The number of rotatable bonds is 8. The average molecular weight is 395 g/mol. The summed E-state index contributed by atoms with van der Waals surface area (Å²) in [4.78, 5) is 15.9. The number of Topliss-reactive ketones (excluding diaryl/α,β-unsaturated/α-hetero) is 1. The number of β-amino-alcohol motifs (C(OH)–C–C–N with tert-alkyl or cyclic N) is 2. The Morgan fingerprint density at radius 1 is 1.16 bits per heavy atom. The van der Waals surface area contributed by atoms with Gasteiger partial charge in [-0.3, -0.25) is 14.6 Å². The molecule has 144 valence electrons. The molecule has 1 fully saturated rings. The second-order valence-electron chi connectivity index (χ2n) is 5.88. The third-order valence-electron chi connectivity index (χ3n) is 4.05. The molecule has 1 aliphatic heterocycles.